The van der Waals surface area contributed by atoms with Gasteiger partial charge < -0.3 is 10.2 Å². The molecule has 0 atom stereocenters. The lowest BCUT2D eigenvalue weighted by Crippen LogP contribution is -2.29. The summed E-state index contributed by atoms with van der Waals surface area (Å²) in [6, 6.07) is 16.1. The summed E-state index contributed by atoms with van der Waals surface area (Å²) in [6.07, 6.45) is 3.86. The number of rotatable bonds is 7. The summed E-state index contributed by atoms with van der Waals surface area (Å²) in [6.45, 7) is 9.59. The minimum atomic E-state index is -0.0601. The van der Waals surface area contributed by atoms with Gasteiger partial charge in [0.05, 0.1) is 0 Å². The smallest absolute Gasteiger partial charge is 0.255 e. The van der Waals surface area contributed by atoms with Crippen LogP contribution in [0.25, 0.3) is 0 Å². The van der Waals surface area contributed by atoms with Gasteiger partial charge in [0.2, 0.25) is 0 Å². The van der Waals surface area contributed by atoms with Crippen molar-refractivity contribution in [1.29, 1.82) is 0 Å². The number of piperidine rings is 1. The number of benzene rings is 2. The van der Waals surface area contributed by atoms with E-state index in [1.54, 1.807) is 0 Å². The maximum atomic E-state index is 12.5. The molecule has 27 heavy (non-hydrogen) atoms. The standard InChI is InChI=1S/C23H31N3O/c1-3-25(4-2)18-19-8-10-20(11-9-19)23(27)24-21-12-14-22(15-13-21)26-16-6-5-7-17-26/h8-15H,3-7,16-18H2,1-2H3,(H,24,27). The second-order valence-electron chi connectivity index (χ2n) is 7.21. The molecule has 2 aromatic carbocycles. The number of nitrogens with one attached hydrogen (secondary N) is 1. The zero-order valence-electron chi connectivity index (χ0n) is 16.6. The molecule has 1 aliphatic heterocycles. The van der Waals surface area contributed by atoms with Crippen LogP contribution in [0.2, 0.25) is 0 Å². The first-order chi connectivity index (χ1) is 13.2. The van der Waals surface area contributed by atoms with Crippen molar-refractivity contribution >= 4 is 17.3 Å². The first-order valence-electron chi connectivity index (χ1n) is 10.2. The predicted molar refractivity (Wildman–Crippen MR) is 114 cm³/mol. The van der Waals surface area contributed by atoms with Gasteiger partial charge in [-0.25, -0.2) is 0 Å². The Balaban J connectivity index is 1.58. The lowest BCUT2D eigenvalue weighted by atomic mass is 10.1. The Morgan fingerprint density at radius 1 is 0.926 bits per heavy atom. The number of amides is 1. The van der Waals surface area contributed by atoms with Gasteiger partial charge in [-0.1, -0.05) is 26.0 Å². The summed E-state index contributed by atoms with van der Waals surface area (Å²) < 4.78 is 0. The summed E-state index contributed by atoms with van der Waals surface area (Å²) in [5.74, 6) is -0.0601. The largest absolute Gasteiger partial charge is 0.372 e. The first kappa shape index (κ1) is 19.4. The molecule has 0 unspecified atom stereocenters. The van der Waals surface area contributed by atoms with Crippen LogP contribution in [0.5, 0.6) is 0 Å². The summed E-state index contributed by atoms with van der Waals surface area (Å²) in [4.78, 5) is 17.3. The highest BCUT2D eigenvalue weighted by atomic mass is 16.1. The third kappa shape index (κ3) is 5.33. The molecule has 1 aliphatic rings. The van der Waals surface area contributed by atoms with Gasteiger partial charge in [0.25, 0.3) is 5.91 Å². The van der Waals surface area contributed by atoms with Crippen molar-refractivity contribution in [2.24, 2.45) is 0 Å². The van der Waals surface area contributed by atoms with Crippen LogP contribution in [0.1, 0.15) is 49.0 Å². The van der Waals surface area contributed by atoms with Crippen molar-refractivity contribution in [2.75, 3.05) is 36.4 Å². The van der Waals surface area contributed by atoms with Crippen LogP contribution >= 0.6 is 0 Å². The molecule has 0 saturated carbocycles. The van der Waals surface area contributed by atoms with Gasteiger partial charge in [-0.15, -0.1) is 0 Å². The Hall–Kier alpha value is -2.33. The monoisotopic (exact) mass is 365 g/mol. The topological polar surface area (TPSA) is 35.6 Å². The fourth-order valence-corrected chi connectivity index (χ4v) is 3.58. The Morgan fingerprint density at radius 3 is 2.15 bits per heavy atom. The van der Waals surface area contributed by atoms with Crippen molar-refractivity contribution < 1.29 is 4.79 Å². The van der Waals surface area contributed by atoms with E-state index < -0.39 is 0 Å². The lowest BCUT2D eigenvalue weighted by molar-refractivity contribution is 0.102. The second kappa shape index (κ2) is 9.56. The van der Waals surface area contributed by atoms with Crippen molar-refractivity contribution in [3.8, 4) is 0 Å². The quantitative estimate of drug-likeness (QED) is 0.767. The minimum Gasteiger partial charge on any atom is -0.372 e. The molecule has 0 radical (unpaired) electrons. The number of hydrogen-bond donors (Lipinski definition) is 1. The van der Waals surface area contributed by atoms with Crippen LogP contribution in [0.3, 0.4) is 0 Å². The lowest BCUT2D eigenvalue weighted by Gasteiger charge is -2.28. The molecule has 0 spiro atoms. The highest BCUT2D eigenvalue weighted by Gasteiger charge is 2.11. The van der Waals surface area contributed by atoms with Crippen molar-refractivity contribution in [2.45, 2.75) is 39.7 Å². The van der Waals surface area contributed by atoms with E-state index in [4.69, 9.17) is 0 Å². The fourth-order valence-electron chi connectivity index (χ4n) is 3.58. The zero-order valence-corrected chi connectivity index (χ0v) is 16.6. The van der Waals surface area contributed by atoms with Crippen LogP contribution in [0.4, 0.5) is 11.4 Å². The maximum Gasteiger partial charge on any atom is 0.255 e. The van der Waals surface area contributed by atoms with E-state index >= 15 is 0 Å². The summed E-state index contributed by atoms with van der Waals surface area (Å²) in [7, 11) is 0. The molecular weight excluding hydrogens is 334 g/mol. The molecular formula is C23H31N3O. The average Bonchev–Trinajstić information content (AvgIpc) is 2.73. The van der Waals surface area contributed by atoms with Crippen molar-refractivity contribution in [3.05, 3.63) is 59.7 Å². The van der Waals surface area contributed by atoms with Crippen LogP contribution in [0, 0.1) is 0 Å². The van der Waals surface area contributed by atoms with Gasteiger partial charge in [-0.2, -0.15) is 0 Å². The van der Waals surface area contributed by atoms with Crippen LogP contribution in [0.15, 0.2) is 48.5 Å². The van der Waals surface area contributed by atoms with E-state index in [0.717, 1.165) is 38.4 Å². The van der Waals surface area contributed by atoms with E-state index in [9.17, 15) is 4.79 Å². The predicted octanol–water partition coefficient (Wildman–Crippen LogP) is 4.77. The van der Waals surface area contributed by atoms with Crippen molar-refractivity contribution in [1.82, 2.24) is 4.90 Å². The molecule has 0 aliphatic carbocycles. The molecule has 2 aromatic rings. The summed E-state index contributed by atoms with van der Waals surface area (Å²) in [5.41, 5.74) is 4.01. The van der Waals surface area contributed by atoms with E-state index in [1.807, 2.05) is 36.4 Å². The van der Waals surface area contributed by atoms with Gasteiger partial charge in [0.15, 0.2) is 0 Å². The molecule has 0 aromatic heterocycles. The Bertz CT molecular complexity index is 714. The van der Waals surface area contributed by atoms with E-state index in [1.165, 1.54) is 30.5 Å². The molecule has 3 rings (SSSR count). The van der Waals surface area contributed by atoms with Gasteiger partial charge in [-0.3, -0.25) is 9.69 Å². The molecule has 0 bridgehead atoms. The first-order valence-corrected chi connectivity index (χ1v) is 10.2. The molecule has 4 heteroatoms. The van der Waals surface area contributed by atoms with Gasteiger partial charge >= 0.3 is 0 Å². The van der Waals surface area contributed by atoms with Crippen LogP contribution < -0.4 is 10.2 Å². The Morgan fingerprint density at radius 2 is 1.56 bits per heavy atom. The number of nitrogens with zero attached hydrogens (tertiary/aromatic N) is 2. The third-order valence-corrected chi connectivity index (χ3v) is 5.36. The second-order valence-corrected chi connectivity index (χ2v) is 7.21. The molecule has 1 heterocycles. The number of hydrogen-bond acceptors (Lipinski definition) is 3. The normalized spacial score (nSPS) is 14.4. The molecule has 1 amide bonds. The highest BCUT2D eigenvalue weighted by molar-refractivity contribution is 6.04. The maximum absolute atomic E-state index is 12.5. The molecule has 4 nitrogen and oxygen atoms in total. The molecule has 144 valence electrons. The Kier molecular flexibility index (Phi) is 6.88. The van der Waals surface area contributed by atoms with Crippen LogP contribution in [-0.2, 0) is 6.54 Å². The number of anilines is 2. The van der Waals surface area contributed by atoms with E-state index in [2.05, 4.69) is 41.1 Å². The van der Waals surface area contributed by atoms with Gasteiger partial charge in [0.1, 0.15) is 0 Å². The summed E-state index contributed by atoms with van der Waals surface area (Å²) >= 11 is 0. The fraction of sp³-hybridized carbons (Fsp3) is 0.435. The third-order valence-electron chi connectivity index (χ3n) is 5.36. The Labute approximate surface area is 163 Å². The zero-order chi connectivity index (χ0) is 19.1. The molecule has 1 fully saturated rings. The van der Waals surface area contributed by atoms with Crippen molar-refractivity contribution in [3.63, 3.8) is 0 Å². The number of carbonyl (C=O) groups is 1. The molecule has 1 saturated heterocycles. The van der Waals surface area contributed by atoms with Crippen LogP contribution in [-0.4, -0.2) is 37.0 Å². The minimum absolute atomic E-state index is 0.0601. The van der Waals surface area contributed by atoms with Gasteiger partial charge in [-0.05, 0) is 74.3 Å². The van der Waals surface area contributed by atoms with E-state index in [0.29, 0.717) is 5.56 Å². The highest BCUT2D eigenvalue weighted by Crippen LogP contribution is 2.22. The summed E-state index contributed by atoms with van der Waals surface area (Å²) in [5, 5.41) is 3.00. The van der Waals surface area contributed by atoms with E-state index in [-0.39, 0.29) is 5.91 Å². The number of carbonyl (C=O) groups excluding carboxylic acids is 1. The molecule has 1 N–H and O–H groups in total. The SMILES string of the molecule is CCN(CC)Cc1ccc(C(=O)Nc2ccc(N3CCCCC3)cc2)cc1. The average molecular weight is 366 g/mol. The van der Waals surface area contributed by atoms with Gasteiger partial charge in [0, 0.05) is 36.6 Å².